The lowest BCUT2D eigenvalue weighted by molar-refractivity contribution is -0.135. The number of benzene rings is 1. The molecule has 110 valence electrons. The molecule has 4 nitrogen and oxygen atoms in total. The van der Waals surface area contributed by atoms with Crippen molar-refractivity contribution >= 4 is 5.91 Å². The summed E-state index contributed by atoms with van der Waals surface area (Å²) < 4.78 is 5.60. The second kappa shape index (κ2) is 6.27. The van der Waals surface area contributed by atoms with Crippen LogP contribution in [0.5, 0.6) is 5.75 Å². The Morgan fingerprint density at radius 2 is 2.00 bits per heavy atom. The number of hydrogen-bond donors (Lipinski definition) is 1. The van der Waals surface area contributed by atoms with Crippen molar-refractivity contribution in [2.45, 2.75) is 33.2 Å². The predicted octanol–water partition coefficient (Wildman–Crippen LogP) is 1.91. The molecule has 0 aliphatic carbocycles. The van der Waals surface area contributed by atoms with Crippen molar-refractivity contribution in [2.75, 3.05) is 19.8 Å². The molecule has 1 fully saturated rings. The molecule has 20 heavy (non-hydrogen) atoms. The van der Waals surface area contributed by atoms with Gasteiger partial charge in [-0.25, -0.2) is 0 Å². The van der Waals surface area contributed by atoms with Gasteiger partial charge in [-0.2, -0.15) is 0 Å². The van der Waals surface area contributed by atoms with Gasteiger partial charge in [-0.1, -0.05) is 13.0 Å². The van der Waals surface area contributed by atoms with Crippen LogP contribution in [0.4, 0.5) is 0 Å². The summed E-state index contributed by atoms with van der Waals surface area (Å²) in [4.78, 5) is 13.9. The van der Waals surface area contributed by atoms with Gasteiger partial charge in [-0.05, 0) is 49.4 Å². The molecule has 0 aromatic heterocycles. The predicted molar refractivity (Wildman–Crippen MR) is 77.8 cm³/mol. The minimum atomic E-state index is -0.0645. The number of carbonyl (C=O) groups excluding carboxylic acids is 1. The Morgan fingerprint density at radius 1 is 1.35 bits per heavy atom. The van der Waals surface area contributed by atoms with Gasteiger partial charge in [0.25, 0.3) is 5.91 Å². The highest BCUT2D eigenvalue weighted by Gasteiger charge is 2.33. The SMILES string of the molecule is Cc1cc(C)cc(OCC(=O)N2CCC(C)C2CO)c1. The smallest absolute Gasteiger partial charge is 0.260 e. The molecule has 0 spiro atoms. The summed E-state index contributed by atoms with van der Waals surface area (Å²) in [5.74, 6) is 1.03. The van der Waals surface area contributed by atoms with Crippen molar-refractivity contribution < 1.29 is 14.6 Å². The van der Waals surface area contributed by atoms with Gasteiger partial charge in [0.2, 0.25) is 0 Å². The van der Waals surface area contributed by atoms with Crippen molar-refractivity contribution in [3.05, 3.63) is 29.3 Å². The first-order valence-corrected chi connectivity index (χ1v) is 7.12. The number of aliphatic hydroxyl groups is 1. The summed E-state index contributed by atoms with van der Waals surface area (Å²) in [6.07, 6.45) is 0.945. The van der Waals surface area contributed by atoms with Crippen LogP contribution in [-0.2, 0) is 4.79 Å². The summed E-state index contributed by atoms with van der Waals surface area (Å²) in [7, 11) is 0. The Kier molecular flexibility index (Phi) is 4.65. The van der Waals surface area contributed by atoms with Crippen LogP contribution < -0.4 is 4.74 Å². The molecule has 0 bridgehead atoms. The van der Waals surface area contributed by atoms with Crippen molar-refractivity contribution in [1.29, 1.82) is 0 Å². The van der Waals surface area contributed by atoms with Crippen molar-refractivity contribution in [3.8, 4) is 5.75 Å². The maximum Gasteiger partial charge on any atom is 0.260 e. The first-order chi connectivity index (χ1) is 9.51. The molecule has 1 heterocycles. The van der Waals surface area contributed by atoms with Gasteiger partial charge in [0.05, 0.1) is 12.6 Å². The van der Waals surface area contributed by atoms with Crippen LogP contribution in [0.25, 0.3) is 0 Å². The zero-order valence-electron chi connectivity index (χ0n) is 12.4. The molecule has 0 saturated carbocycles. The first-order valence-electron chi connectivity index (χ1n) is 7.12. The van der Waals surface area contributed by atoms with E-state index in [1.807, 2.05) is 26.0 Å². The normalized spacial score (nSPS) is 22.1. The van der Waals surface area contributed by atoms with Gasteiger partial charge in [0.15, 0.2) is 6.61 Å². The zero-order valence-corrected chi connectivity index (χ0v) is 12.4. The fourth-order valence-electron chi connectivity index (χ4n) is 2.84. The van der Waals surface area contributed by atoms with Gasteiger partial charge in [0.1, 0.15) is 5.75 Å². The molecule has 4 heteroatoms. The first kappa shape index (κ1) is 14.9. The van der Waals surface area contributed by atoms with Gasteiger partial charge < -0.3 is 14.7 Å². The van der Waals surface area contributed by atoms with E-state index in [0.717, 1.165) is 23.3 Å². The third kappa shape index (κ3) is 3.31. The van der Waals surface area contributed by atoms with Crippen molar-refractivity contribution in [2.24, 2.45) is 5.92 Å². The average Bonchev–Trinajstić information content (AvgIpc) is 2.76. The van der Waals surface area contributed by atoms with E-state index in [1.54, 1.807) is 4.90 Å². The quantitative estimate of drug-likeness (QED) is 0.914. The standard InChI is InChI=1S/C16H23NO3/c1-11-6-12(2)8-14(7-11)20-10-16(19)17-5-4-13(3)15(17)9-18/h6-8,13,15,18H,4-5,9-10H2,1-3H3. The molecule has 2 atom stereocenters. The molecule has 2 unspecified atom stereocenters. The number of carbonyl (C=O) groups is 1. The van der Waals surface area contributed by atoms with Crippen molar-refractivity contribution in [1.82, 2.24) is 4.90 Å². The Labute approximate surface area is 120 Å². The molecule has 1 N–H and O–H groups in total. The lowest BCUT2D eigenvalue weighted by atomic mass is 10.0. The largest absolute Gasteiger partial charge is 0.484 e. The molecular formula is C16H23NO3. The lowest BCUT2D eigenvalue weighted by Crippen LogP contribution is -2.42. The third-order valence-electron chi connectivity index (χ3n) is 3.95. The number of nitrogens with zero attached hydrogens (tertiary/aromatic N) is 1. The number of likely N-dealkylation sites (tertiary alicyclic amines) is 1. The minimum absolute atomic E-state index is 0.0243. The summed E-state index contributed by atoms with van der Waals surface area (Å²) in [6, 6.07) is 5.86. The maximum atomic E-state index is 12.2. The highest BCUT2D eigenvalue weighted by molar-refractivity contribution is 5.78. The van der Waals surface area contributed by atoms with Crippen LogP contribution in [0.1, 0.15) is 24.5 Å². The number of ether oxygens (including phenoxy) is 1. The molecule has 1 aromatic rings. The van der Waals surface area contributed by atoms with E-state index in [4.69, 9.17) is 4.74 Å². The molecule has 0 radical (unpaired) electrons. The Morgan fingerprint density at radius 3 is 2.60 bits per heavy atom. The van der Waals surface area contributed by atoms with E-state index in [2.05, 4.69) is 13.0 Å². The van der Waals surface area contributed by atoms with E-state index in [1.165, 1.54) is 0 Å². The fourth-order valence-corrected chi connectivity index (χ4v) is 2.84. The summed E-state index contributed by atoms with van der Waals surface area (Å²) in [5, 5.41) is 9.38. The minimum Gasteiger partial charge on any atom is -0.484 e. The summed E-state index contributed by atoms with van der Waals surface area (Å²) in [6.45, 7) is 6.85. The highest BCUT2D eigenvalue weighted by Crippen LogP contribution is 2.24. The molecular weight excluding hydrogens is 254 g/mol. The van der Waals surface area contributed by atoms with Gasteiger partial charge in [-0.3, -0.25) is 4.79 Å². The molecule has 1 aromatic carbocycles. The van der Waals surface area contributed by atoms with Crippen LogP contribution in [0.2, 0.25) is 0 Å². The van der Waals surface area contributed by atoms with E-state index >= 15 is 0 Å². The summed E-state index contributed by atoms with van der Waals surface area (Å²) >= 11 is 0. The third-order valence-corrected chi connectivity index (χ3v) is 3.95. The van der Waals surface area contributed by atoms with Crippen LogP contribution in [0.3, 0.4) is 0 Å². The Balaban J connectivity index is 1.95. The summed E-state index contributed by atoms with van der Waals surface area (Å²) in [5.41, 5.74) is 2.24. The Bertz CT molecular complexity index is 466. The number of rotatable bonds is 4. The topological polar surface area (TPSA) is 49.8 Å². The lowest BCUT2D eigenvalue weighted by Gasteiger charge is -2.25. The zero-order chi connectivity index (χ0) is 14.7. The van der Waals surface area contributed by atoms with E-state index in [-0.39, 0.29) is 25.2 Å². The number of aryl methyl sites for hydroxylation is 2. The average molecular weight is 277 g/mol. The van der Waals surface area contributed by atoms with Gasteiger partial charge >= 0.3 is 0 Å². The monoisotopic (exact) mass is 277 g/mol. The molecule has 1 aliphatic heterocycles. The second-order valence-electron chi connectivity index (χ2n) is 5.72. The van der Waals surface area contributed by atoms with E-state index in [0.29, 0.717) is 12.5 Å². The van der Waals surface area contributed by atoms with Crippen LogP contribution in [0, 0.1) is 19.8 Å². The van der Waals surface area contributed by atoms with Gasteiger partial charge in [-0.15, -0.1) is 0 Å². The maximum absolute atomic E-state index is 12.2. The van der Waals surface area contributed by atoms with E-state index < -0.39 is 0 Å². The van der Waals surface area contributed by atoms with Crippen molar-refractivity contribution in [3.63, 3.8) is 0 Å². The highest BCUT2D eigenvalue weighted by atomic mass is 16.5. The number of hydrogen-bond acceptors (Lipinski definition) is 3. The fraction of sp³-hybridized carbons (Fsp3) is 0.562. The molecule has 1 aliphatic rings. The second-order valence-corrected chi connectivity index (χ2v) is 5.72. The van der Waals surface area contributed by atoms with E-state index in [9.17, 15) is 9.90 Å². The van der Waals surface area contributed by atoms with Crippen LogP contribution in [-0.4, -0.2) is 41.7 Å². The molecule has 2 rings (SSSR count). The number of amides is 1. The van der Waals surface area contributed by atoms with Gasteiger partial charge in [0, 0.05) is 6.54 Å². The van der Waals surface area contributed by atoms with Crippen LogP contribution in [0.15, 0.2) is 18.2 Å². The van der Waals surface area contributed by atoms with Crippen LogP contribution >= 0.6 is 0 Å². The number of aliphatic hydroxyl groups excluding tert-OH is 1. The molecule has 1 saturated heterocycles. The molecule has 1 amide bonds. The Hall–Kier alpha value is -1.55.